The summed E-state index contributed by atoms with van der Waals surface area (Å²) in [7, 11) is -3.71. The van der Waals surface area contributed by atoms with E-state index in [1.807, 2.05) is 12.1 Å². The van der Waals surface area contributed by atoms with Gasteiger partial charge in [-0.05, 0) is 36.8 Å². The zero-order valence-electron chi connectivity index (χ0n) is 15.3. The summed E-state index contributed by atoms with van der Waals surface area (Å²) in [6.07, 6.45) is 3.55. The molecule has 0 aliphatic carbocycles. The molecule has 0 unspecified atom stereocenters. The van der Waals surface area contributed by atoms with E-state index < -0.39 is 16.1 Å². The molecule has 1 aliphatic rings. The molecule has 1 atom stereocenters. The standard InChI is InChI=1S/C19H24N4O3S/c1-16(21-27(25,26)18-5-3-2-4-6-18)19(24)23-13-11-22(12-14-23)15-17-7-9-20-10-8-17/h2-10,16,21H,11-15H2,1H3/t16-/m0/s1. The Kier molecular flexibility index (Phi) is 6.20. The Morgan fingerprint density at radius 2 is 1.70 bits per heavy atom. The van der Waals surface area contributed by atoms with Crippen LogP contribution in [0.1, 0.15) is 12.5 Å². The van der Waals surface area contributed by atoms with Gasteiger partial charge in [0.15, 0.2) is 0 Å². The third kappa shape index (κ3) is 5.12. The lowest BCUT2D eigenvalue weighted by Crippen LogP contribution is -2.53. The van der Waals surface area contributed by atoms with Crippen molar-refractivity contribution in [1.82, 2.24) is 19.5 Å². The van der Waals surface area contributed by atoms with Gasteiger partial charge in [0.05, 0.1) is 10.9 Å². The normalized spacial score (nSPS) is 16.9. The number of nitrogens with zero attached hydrogens (tertiary/aromatic N) is 3. The van der Waals surface area contributed by atoms with Crippen LogP contribution >= 0.6 is 0 Å². The van der Waals surface area contributed by atoms with Crippen LogP contribution in [0.15, 0.2) is 59.8 Å². The third-order valence-electron chi connectivity index (χ3n) is 4.60. The monoisotopic (exact) mass is 388 g/mol. The fourth-order valence-electron chi connectivity index (χ4n) is 3.10. The first-order valence-electron chi connectivity index (χ1n) is 8.93. The van der Waals surface area contributed by atoms with Crippen molar-refractivity contribution in [2.24, 2.45) is 0 Å². The van der Waals surface area contributed by atoms with Gasteiger partial charge >= 0.3 is 0 Å². The number of amides is 1. The molecule has 144 valence electrons. The lowest BCUT2D eigenvalue weighted by atomic mass is 10.2. The molecule has 0 saturated carbocycles. The Balaban J connectivity index is 1.53. The minimum Gasteiger partial charge on any atom is -0.339 e. The first-order chi connectivity index (χ1) is 13.0. The number of nitrogens with one attached hydrogen (secondary N) is 1. The molecule has 2 heterocycles. The average molecular weight is 388 g/mol. The molecule has 8 heteroatoms. The van der Waals surface area contributed by atoms with Crippen molar-refractivity contribution in [1.29, 1.82) is 0 Å². The Bertz CT molecular complexity index is 851. The Morgan fingerprint density at radius 1 is 1.07 bits per heavy atom. The van der Waals surface area contributed by atoms with E-state index >= 15 is 0 Å². The van der Waals surface area contributed by atoms with Gasteiger partial charge in [0.25, 0.3) is 0 Å². The van der Waals surface area contributed by atoms with Crippen molar-refractivity contribution < 1.29 is 13.2 Å². The van der Waals surface area contributed by atoms with Crippen molar-refractivity contribution in [3.05, 3.63) is 60.4 Å². The highest BCUT2D eigenvalue weighted by Gasteiger charge is 2.28. The maximum atomic E-state index is 12.6. The second-order valence-corrected chi connectivity index (χ2v) is 8.33. The molecule has 1 amide bonds. The number of aromatic nitrogens is 1. The molecule has 3 rings (SSSR count). The minimum atomic E-state index is -3.71. The van der Waals surface area contributed by atoms with E-state index in [1.165, 1.54) is 17.7 Å². The highest BCUT2D eigenvalue weighted by Crippen LogP contribution is 2.11. The van der Waals surface area contributed by atoms with Crippen molar-refractivity contribution >= 4 is 15.9 Å². The molecule has 27 heavy (non-hydrogen) atoms. The summed E-state index contributed by atoms with van der Waals surface area (Å²) < 4.78 is 27.3. The van der Waals surface area contributed by atoms with Crippen LogP contribution < -0.4 is 4.72 Å². The molecule has 1 saturated heterocycles. The molecule has 1 N–H and O–H groups in total. The number of piperazine rings is 1. The summed E-state index contributed by atoms with van der Waals surface area (Å²) in [4.78, 5) is 20.8. The van der Waals surface area contributed by atoms with Gasteiger partial charge in [-0.15, -0.1) is 0 Å². The summed E-state index contributed by atoms with van der Waals surface area (Å²) in [5.74, 6) is -0.196. The fraction of sp³-hybridized carbons (Fsp3) is 0.368. The molecule has 7 nitrogen and oxygen atoms in total. The lowest BCUT2D eigenvalue weighted by Gasteiger charge is -2.36. The molecule has 0 radical (unpaired) electrons. The highest BCUT2D eigenvalue weighted by molar-refractivity contribution is 7.89. The maximum absolute atomic E-state index is 12.6. The molecule has 1 aromatic heterocycles. The quantitative estimate of drug-likeness (QED) is 0.801. The van der Waals surface area contributed by atoms with Gasteiger partial charge in [0.2, 0.25) is 15.9 Å². The maximum Gasteiger partial charge on any atom is 0.241 e. The van der Waals surface area contributed by atoms with Gasteiger partial charge in [-0.25, -0.2) is 8.42 Å². The first-order valence-corrected chi connectivity index (χ1v) is 10.4. The number of carbonyl (C=O) groups is 1. The molecule has 0 bridgehead atoms. The van der Waals surface area contributed by atoms with Crippen LogP contribution in [0.2, 0.25) is 0 Å². The number of rotatable bonds is 6. The smallest absolute Gasteiger partial charge is 0.241 e. The van der Waals surface area contributed by atoms with E-state index in [0.29, 0.717) is 13.1 Å². The van der Waals surface area contributed by atoms with Gasteiger partial charge < -0.3 is 4.90 Å². The summed E-state index contributed by atoms with van der Waals surface area (Å²) in [5, 5.41) is 0. The van der Waals surface area contributed by atoms with Crippen LogP contribution in [-0.4, -0.2) is 61.3 Å². The lowest BCUT2D eigenvalue weighted by molar-refractivity contribution is -0.134. The van der Waals surface area contributed by atoms with Crippen LogP contribution in [0.3, 0.4) is 0 Å². The first kappa shape index (κ1) is 19.5. The number of sulfonamides is 1. The summed E-state index contributed by atoms with van der Waals surface area (Å²) in [6.45, 7) is 5.09. The minimum absolute atomic E-state index is 0.159. The zero-order chi connectivity index (χ0) is 19.3. The highest BCUT2D eigenvalue weighted by atomic mass is 32.2. The predicted octanol–water partition coefficient (Wildman–Crippen LogP) is 1.09. The van der Waals surface area contributed by atoms with Crippen molar-refractivity contribution in [2.45, 2.75) is 24.4 Å². The molecule has 0 spiro atoms. The van der Waals surface area contributed by atoms with E-state index in [2.05, 4.69) is 14.6 Å². The third-order valence-corrected chi connectivity index (χ3v) is 6.15. The molecule has 1 fully saturated rings. The van der Waals surface area contributed by atoms with E-state index in [-0.39, 0.29) is 10.8 Å². The van der Waals surface area contributed by atoms with Crippen LogP contribution in [0.5, 0.6) is 0 Å². The number of benzene rings is 1. The summed E-state index contributed by atoms with van der Waals surface area (Å²) in [5.41, 5.74) is 1.19. The SMILES string of the molecule is C[C@H](NS(=O)(=O)c1ccccc1)C(=O)N1CCN(Cc2ccncc2)CC1. The van der Waals surface area contributed by atoms with E-state index in [4.69, 9.17) is 0 Å². The molecular formula is C19H24N4O3S. The summed E-state index contributed by atoms with van der Waals surface area (Å²) >= 11 is 0. The average Bonchev–Trinajstić information content (AvgIpc) is 2.69. The Hall–Kier alpha value is -2.29. The Labute approximate surface area is 160 Å². The molecular weight excluding hydrogens is 364 g/mol. The fourth-order valence-corrected chi connectivity index (χ4v) is 4.32. The largest absolute Gasteiger partial charge is 0.339 e. The van der Waals surface area contributed by atoms with Crippen molar-refractivity contribution in [3.63, 3.8) is 0 Å². The Morgan fingerprint density at radius 3 is 2.33 bits per heavy atom. The van der Waals surface area contributed by atoms with Crippen LogP contribution in [0.4, 0.5) is 0 Å². The van der Waals surface area contributed by atoms with Gasteiger partial charge in [0.1, 0.15) is 0 Å². The summed E-state index contributed by atoms with van der Waals surface area (Å²) in [6, 6.07) is 11.2. The van der Waals surface area contributed by atoms with Crippen LogP contribution in [0, 0.1) is 0 Å². The number of hydrogen-bond donors (Lipinski definition) is 1. The van der Waals surface area contributed by atoms with Crippen LogP contribution in [0.25, 0.3) is 0 Å². The van der Waals surface area contributed by atoms with Crippen LogP contribution in [-0.2, 0) is 21.4 Å². The zero-order valence-corrected chi connectivity index (χ0v) is 16.1. The van der Waals surface area contributed by atoms with Gasteiger partial charge in [-0.1, -0.05) is 18.2 Å². The number of hydrogen-bond acceptors (Lipinski definition) is 5. The second kappa shape index (κ2) is 8.60. The van der Waals surface area contributed by atoms with Gasteiger partial charge in [-0.3, -0.25) is 14.7 Å². The van der Waals surface area contributed by atoms with Gasteiger partial charge in [-0.2, -0.15) is 4.72 Å². The van der Waals surface area contributed by atoms with Crippen molar-refractivity contribution in [3.8, 4) is 0 Å². The number of pyridine rings is 1. The topological polar surface area (TPSA) is 82.6 Å². The predicted molar refractivity (Wildman–Crippen MR) is 102 cm³/mol. The molecule has 1 aliphatic heterocycles. The molecule has 1 aromatic carbocycles. The number of carbonyl (C=O) groups excluding carboxylic acids is 1. The second-order valence-electron chi connectivity index (χ2n) is 6.61. The van der Waals surface area contributed by atoms with E-state index in [1.54, 1.807) is 42.4 Å². The van der Waals surface area contributed by atoms with E-state index in [0.717, 1.165) is 19.6 Å². The molecule has 2 aromatic rings. The van der Waals surface area contributed by atoms with E-state index in [9.17, 15) is 13.2 Å². The van der Waals surface area contributed by atoms with Crippen molar-refractivity contribution in [2.75, 3.05) is 26.2 Å². The van der Waals surface area contributed by atoms with Gasteiger partial charge in [0, 0.05) is 45.1 Å².